The average molecular weight is 336 g/mol. The first kappa shape index (κ1) is 16.8. The van der Waals surface area contributed by atoms with Gasteiger partial charge in [0.15, 0.2) is 0 Å². The Morgan fingerprint density at radius 3 is 2.30 bits per heavy atom. The molecule has 1 amide bonds. The van der Waals surface area contributed by atoms with Crippen LogP contribution in [0.3, 0.4) is 0 Å². The molecule has 1 aromatic rings. The number of hydrogen-bond acceptors (Lipinski definition) is 3. The highest BCUT2D eigenvalue weighted by molar-refractivity contribution is 6.65. The fourth-order valence-corrected chi connectivity index (χ4v) is 2.92. The zero-order chi connectivity index (χ0) is 16.8. The molecule has 1 aliphatic carbocycles. The van der Waals surface area contributed by atoms with E-state index in [0.29, 0.717) is 16.6 Å². The standard InChI is InChI=1S/C17H23BClNO3/c1-16(2)17(3,4)23-18(22-16)13-9-8-11(10-14(13)19)15(21)20-12-6-5-7-12/h8-10,12H,5-7H2,1-4H3,(H,20,21). The number of rotatable bonds is 3. The van der Waals surface area contributed by atoms with Gasteiger partial charge in [-0.05, 0) is 59.1 Å². The van der Waals surface area contributed by atoms with Crippen LogP contribution in [-0.4, -0.2) is 30.3 Å². The van der Waals surface area contributed by atoms with Gasteiger partial charge in [0.05, 0.1) is 11.2 Å². The molecule has 0 radical (unpaired) electrons. The Morgan fingerprint density at radius 1 is 1.22 bits per heavy atom. The topological polar surface area (TPSA) is 47.6 Å². The van der Waals surface area contributed by atoms with Crippen LogP contribution in [0.1, 0.15) is 57.3 Å². The van der Waals surface area contributed by atoms with Gasteiger partial charge in [0, 0.05) is 22.1 Å². The van der Waals surface area contributed by atoms with Gasteiger partial charge in [-0.1, -0.05) is 17.7 Å². The Hall–Kier alpha value is -1.04. The normalized spacial score (nSPS) is 22.7. The number of benzene rings is 1. The van der Waals surface area contributed by atoms with Crippen LogP contribution in [0, 0.1) is 0 Å². The molecule has 0 bridgehead atoms. The van der Waals surface area contributed by atoms with Crippen LogP contribution < -0.4 is 10.8 Å². The minimum Gasteiger partial charge on any atom is -0.399 e. The van der Waals surface area contributed by atoms with Crippen LogP contribution in [0.25, 0.3) is 0 Å². The maximum atomic E-state index is 12.2. The fraction of sp³-hybridized carbons (Fsp3) is 0.588. The van der Waals surface area contributed by atoms with Crippen molar-refractivity contribution in [2.75, 3.05) is 0 Å². The summed E-state index contributed by atoms with van der Waals surface area (Å²) in [6.07, 6.45) is 3.31. The first-order valence-corrected chi connectivity index (χ1v) is 8.53. The molecule has 1 N–H and O–H groups in total. The molecule has 0 atom stereocenters. The van der Waals surface area contributed by atoms with Crippen molar-refractivity contribution in [2.45, 2.75) is 64.2 Å². The van der Waals surface area contributed by atoms with E-state index >= 15 is 0 Å². The molecule has 0 spiro atoms. The van der Waals surface area contributed by atoms with Gasteiger partial charge in [0.2, 0.25) is 0 Å². The maximum absolute atomic E-state index is 12.2. The Bertz CT molecular complexity index is 612. The molecule has 1 heterocycles. The molecule has 1 aliphatic heterocycles. The first-order valence-electron chi connectivity index (χ1n) is 8.15. The van der Waals surface area contributed by atoms with Crippen LogP contribution in [0.2, 0.25) is 5.02 Å². The van der Waals surface area contributed by atoms with Crippen LogP contribution in [0.15, 0.2) is 18.2 Å². The molecule has 1 aromatic carbocycles. The second-order valence-electron chi connectivity index (χ2n) is 7.43. The lowest BCUT2D eigenvalue weighted by Gasteiger charge is -2.32. The van der Waals surface area contributed by atoms with E-state index < -0.39 is 18.3 Å². The third-order valence-corrected chi connectivity index (χ3v) is 5.54. The highest BCUT2D eigenvalue weighted by Gasteiger charge is 2.52. The van der Waals surface area contributed by atoms with E-state index in [9.17, 15) is 4.79 Å². The van der Waals surface area contributed by atoms with Crippen LogP contribution in [0.4, 0.5) is 0 Å². The highest BCUT2D eigenvalue weighted by Crippen LogP contribution is 2.37. The highest BCUT2D eigenvalue weighted by atomic mass is 35.5. The summed E-state index contributed by atoms with van der Waals surface area (Å²) in [7, 11) is -0.517. The zero-order valence-electron chi connectivity index (χ0n) is 14.1. The summed E-state index contributed by atoms with van der Waals surface area (Å²) in [6, 6.07) is 5.60. The van der Waals surface area contributed by atoms with Crippen LogP contribution in [-0.2, 0) is 9.31 Å². The van der Waals surface area contributed by atoms with E-state index in [4.69, 9.17) is 20.9 Å². The van der Waals surface area contributed by atoms with Gasteiger partial charge in [-0.2, -0.15) is 0 Å². The van der Waals surface area contributed by atoms with Crippen LogP contribution in [0.5, 0.6) is 0 Å². The van der Waals surface area contributed by atoms with Crippen molar-refractivity contribution in [3.05, 3.63) is 28.8 Å². The number of nitrogens with one attached hydrogen (secondary N) is 1. The number of hydrogen-bond donors (Lipinski definition) is 1. The lowest BCUT2D eigenvalue weighted by molar-refractivity contribution is 0.00578. The predicted octanol–water partition coefficient (Wildman–Crippen LogP) is 2.92. The SMILES string of the molecule is CC1(C)OB(c2ccc(C(=O)NC3CCC3)cc2Cl)OC1(C)C. The lowest BCUT2D eigenvalue weighted by Crippen LogP contribution is -2.41. The monoisotopic (exact) mass is 335 g/mol. The first-order chi connectivity index (χ1) is 10.7. The van der Waals surface area contributed by atoms with E-state index in [1.165, 1.54) is 6.42 Å². The van der Waals surface area contributed by atoms with Crippen molar-refractivity contribution in [3.63, 3.8) is 0 Å². The number of carbonyl (C=O) groups excluding carboxylic acids is 1. The van der Waals surface area contributed by atoms with Crippen molar-refractivity contribution in [1.29, 1.82) is 0 Å². The minimum absolute atomic E-state index is 0.0722. The molecule has 3 rings (SSSR count). The van der Waals surface area contributed by atoms with Gasteiger partial charge in [-0.15, -0.1) is 0 Å². The van der Waals surface area contributed by atoms with Crippen molar-refractivity contribution < 1.29 is 14.1 Å². The fourth-order valence-electron chi connectivity index (χ4n) is 2.65. The van der Waals surface area contributed by atoms with E-state index in [1.54, 1.807) is 12.1 Å². The Labute approximate surface area is 143 Å². The molecule has 0 aromatic heterocycles. The van der Waals surface area contributed by atoms with Gasteiger partial charge < -0.3 is 14.6 Å². The van der Waals surface area contributed by atoms with Gasteiger partial charge in [0.25, 0.3) is 5.91 Å². The molecule has 1 saturated heterocycles. The summed E-state index contributed by atoms with van der Waals surface area (Å²) >= 11 is 6.38. The summed E-state index contributed by atoms with van der Waals surface area (Å²) < 4.78 is 12.0. The summed E-state index contributed by atoms with van der Waals surface area (Å²) in [5, 5.41) is 3.51. The molecule has 2 aliphatic rings. The zero-order valence-corrected chi connectivity index (χ0v) is 14.9. The molecular formula is C17H23BClNO3. The quantitative estimate of drug-likeness (QED) is 0.864. The van der Waals surface area contributed by atoms with E-state index in [-0.39, 0.29) is 5.91 Å². The van der Waals surface area contributed by atoms with Gasteiger partial charge in [0.1, 0.15) is 0 Å². The van der Waals surface area contributed by atoms with Gasteiger partial charge in [-0.3, -0.25) is 4.79 Å². The predicted molar refractivity (Wildman–Crippen MR) is 92.3 cm³/mol. The van der Waals surface area contributed by atoms with E-state index in [2.05, 4.69) is 5.32 Å². The number of halogens is 1. The maximum Gasteiger partial charge on any atom is 0.496 e. The van der Waals surface area contributed by atoms with Gasteiger partial charge in [-0.25, -0.2) is 0 Å². The third-order valence-electron chi connectivity index (χ3n) is 5.21. The van der Waals surface area contributed by atoms with E-state index in [1.807, 2.05) is 33.8 Å². The van der Waals surface area contributed by atoms with Gasteiger partial charge >= 0.3 is 7.12 Å². The molecule has 1 saturated carbocycles. The summed E-state index contributed by atoms with van der Waals surface area (Å²) in [5.41, 5.74) is 0.496. The van der Waals surface area contributed by atoms with Crippen molar-refractivity contribution in [3.8, 4) is 0 Å². The third kappa shape index (κ3) is 3.15. The second kappa shape index (κ2) is 5.80. The lowest BCUT2D eigenvalue weighted by atomic mass is 9.78. The Balaban J connectivity index is 1.76. The molecule has 0 unspecified atom stereocenters. The molecule has 6 heteroatoms. The van der Waals surface area contributed by atoms with E-state index in [0.717, 1.165) is 18.3 Å². The summed E-state index contributed by atoms with van der Waals surface area (Å²) in [5.74, 6) is -0.0722. The molecule has 2 fully saturated rings. The van der Waals surface area contributed by atoms with Crippen molar-refractivity contribution in [1.82, 2.24) is 5.32 Å². The summed E-state index contributed by atoms with van der Waals surface area (Å²) in [4.78, 5) is 12.2. The molecule has 4 nitrogen and oxygen atoms in total. The summed E-state index contributed by atoms with van der Waals surface area (Å²) in [6.45, 7) is 8.01. The Morgan fingerprint density at radius 2 is 1.83 bits per heavy atom. The van der Waals surface area contributed by atoms with Crippen molar-refractivity contribution in [2.24, 2.45) is 0 Å². The smallest absolute Gasteiger partial charge is 0.399 e. The Kier molecular flexibility index (Phi) is 4.24. The average Bonchev–Trinajstić information content (AvgIpc) is 2.62. The van der Waals surface area contributed by atoms with Crippen molar-refractivity contribution >= 4 is 30.1 Å². The van der Waals surface area contributed by atoms with Crippen LogP contribution >= 0.6 is 11.6 Å². The number of carbonyl (C=O) groups is 1. The number of amides is 1. The largest absolute Gasteiger partial charge is 0.496 e. The molecular weight excluding hydrogens is 312 g/mol. The molecule has 23 heavy (non-hydrogen) atoms. The second-order valence-corrected chi connectivity index (χ2v) is 7.83. The minimum atomic E-state index is -0.517. The molecule has 124 valence electrons.